The lowest BCUT2D eigenvalue weighted by molar-refractivity contribution is -0.146. The first-order valence-electron chi connectivity index (χ1n) is 11.6. The van der Waals surface area contributed by atoms with E-state index in [9.17, 15) is 19.2 Å². The summed E-state index contributed by atoms with van der Waals surface area (Å²) in [5.74, 6) is 0.695. The van der Waals surface area contributed by atoms with Gasteiger partial charge < -0.3 is 24.6 Å². The number of hydrogen-bond acceptors (Lipinski definition) is 6. The summed E-state index contributed by atoms with van der Waals surface area (Å²) in [5, 5.41) is 2.83. The highest BCUT2D eigenvalue weighted by molar-refractivity contribution is 6.07. The quantitative estimate of drug-likeness (QED) is 0.670. The Morgan fingerprint density at radius 1 is 1.00 bits per heavy atom. The second kappa shape index (κ2) is 8.57. The summed E-state index contributed by atoms with van der Waals surface area (Å²) in [7, 11) is 0. The molecule has 1 aliphatic carbocycles. The van der Waals surface area contributed by atoms with Crippen molar-refractivity contribution in [1.29, 1.82) is 0 Å². The molecule has 0 bridgehead atoms. The number of piperazine rings is 1. The third-order valence-electron chi connectivity index (χ3n) is 6.98. The van der Waals surface area contributed by atoms with Crippen LogP contribution in [-0.4, -0.2) is 89.4 Å². The van der Waals surface area contributed by atoms with Gasteiger partial charge in [0.15, 0.2) is 11.5 Å². The largest absolute Gasteiger partial charge is 0.485 e. The fourth-order valence-corrected chi connectivity index (χ4v) is 5.08. The number of imide groups is 1. The Hall–Kier alpha value is -3.30. The van der Waals surface area contributed by atoms with E-state index in [0.29, 0.717) is 50.5 Å². The Balaban J connectivity index is 1.10. The molecule has 4 aliphatic rings. The maximum absolute atomic E-state index is 12.9. The van der Waals surface area contributed by atoms with E-state index in [4.69, 9.17) is 9.47 Å². The lowest BCUT2D eigenvalue weighted by Crippen LogP contribution is -2.55. The van der Waals surface area contributed by atoms with Crippen LogP contribution in [0.15, 0.2) is 24.3 Å². The number of para-hydroxylation sites is 2. The van der Waals surface area contributed by atoms with E-state index in [2.05, 4.69) is 5.32 Å². The van der Waals surface area contributed by atoms with Gasteiger partial charge in [-0.1, -0.05) is 25.0 Å². The maximum atomic E-state index is 12.9. The third kappa shape index (κ3) is 3.98. The number of carbonyl (C=O) groups excluding carboxylic acids is 4. The van der Waals surface area contributed by atoms with Gasteiger partial charge in [-0.05, 0) is 25.0 Å². The normalized spacial score (nSPS) is 23.8. The van der Waals surface area contributed by atoms with Crippen LogP contribution in [0.4, 0.5) is 4.79 Å². The molecule has 10 heteroatoms. The number of rotatable bonds is 4. The van der Waals surface area contributed by atoms with Gasteiger partial charge in [-0.2, -0.15) is 0 Å². The Morgan fingerprint density at radius 2 is 1.67 bits per heavy atom. The van der Waals surface area contributed by atoms with Crippen molar-refractivity contribution in [2.75, 3.05) is 39.3 Å². The second-order valence-electron chi connectivity index (χ2n) is 9.00. The summed E-state index contributed by atoms with van der Waals surface area (Å²) < 4.78 is 11.4. The zero-order valence-electron chi connectivity index (χ0n) is 18.5. The molecule has 5 amide bonds. The average Bonchev–Trinajstić information content (AvgIpc) is 3.41. The lowest BCUT2D eigenvalue weighted by Gasteiger charge is -2.37. The molecule has 1 aromatic carbocycles. The van der Waals surface area contributed by atoms with Crippen LogP contribution in [0.1, 0.15) is 32.1 Å². The number of fused-ring (bicyclic) bond motifs is 1. The standard InChI is InChI=1S/C23H28N4O6/c28-19(7-10-27-21(30)23(24-22(27)31)8-3-4-9-23)25-11-13-26(14-12-25)20(29)18-15-32-16-5-1-2-6-17(16)33-18/h1-2,5-6,18H,3-4,7-15H2,(H,24,31). The van der Waals surface area contributed by atoms with E-state index in [1.54, 1.807) is 21.9 Å². The topological polar surface area (TPSA) is 108 Å². The molecule has 176 valence electrons. The van der Waals surface area contributed by atoms with Gasteiger partial charge in [0, 0.05) is 39.1 Å². The molecule has 3 fully saturated rings. The van der Waals surface area contributed by atoms with Gasteiger partial charge in [-0.15, -0.1) is 0 Å². The molecule has 3 heterocycles. The molecule has 0 radical (unpaired) electrons. The molecule has 1 spiro atoms. The molecule has 1 atom stereocenters. The van der Waals surface area contributed by atoms with Gasteiger partial charge in [0.25, 0.3) is 11.8 Å². The van der Waals surface area contributed by atoms with Crippen LogP contribution >= 0.6 is 0 Å². The number of urea groups is 1. The summed E-state index contributed by atoms with van der Waals surface area (Å²) >= 11 is 0. The van der Waals surface area contributed by atoms with Gasteiger partial charge in [0.1, 0.15) is 12.1 Å². The van der Waals surface area contributed by atoms with E-state index in [1.165, 1.54) is 4.90 Å². The smallest absolute Gasteiger partial charge is 0.325 e. The first-order chi connectivity index (χ1) is 16.0. The Labute approximate surface area is 191 Å². The van der Waals surface area contributed by atoms with Crippen molar-refractivity contribution >= 4 is 23.8 Å². The summed E-state index contributed by atoms with van der Waals surface area (Å²) in [4.78, 5) is 55.1. The van der Waals surface area contributed by atoms with Crippen LogP contribution < -0.4 is 14.8 Å². The molecule has 1 aromatic rings. The van der Waals surface area contributed by atoms with Gasteiger partial charge >= 0.3 is 6.03 Å². The van der Waals surface area contributed by atoms with Gasteiger partial charge in [0.05, 0.1) is 0 Å². The summed E-state index contributed by atoms with van der Waals surface area (Å²) in [6.45, 7) is 1.84. The number of ether oxygens (including phenoxy) is 2. The van der Waals surface area contributed by atoms with Crippen molar-refractivity contribution in [2.24, 2.45) is 0 Å². The molecule has 10 nitrogen and oxygen atoms in total. The molecule has 1 saturated carbocycles. The minimum absolute atomic E-state index is 0.0804. The number of nitrogens with one attached hydrogen (secondary N) is 1. The molecule has 1 N–H and O–H groups in total. The fourth-order valence-electron chi connectivity index (χ4n) is 5.08. The van der Waals surface area contributed by atoms with Gasteiger partial charge in [-0.25, -0.2) is 4.79 Å². The van der Waals surface area contributed by atoms with E-state index < -0.39 is 17.7 Å². The monoisotopic (exact) mass is 456 g/mol. The van der Waals surface area contributed by atoms with Crippen molar-refractivity contribution in [2.45, 2.75) is 43.7 Å². The lowest BCUT2D eigenvalue weighted by atomic mass is 9.98. The van der Waals surface area contributed by atoms with Crippen LogP contribution in [0.2, 0.25) is 0 Å². The number of benzene rings is 1. The summed E-state index contributed by atoms with van der Waals surface area (Å²) in [6.07, 6.45) is 2.56. The van der Waals surface area contributed by atoms with E-state index in [-0.39, 0.29) is 37.3 Å². The maximum Gasteiger partial charge on any atom is 0.325 e. The highest BCUT2D eigenvalue weighted by atomic mass is 16.6. The van der Waals surface area contributed by atoms with Crippen LogP contribution in [0.3, 0.4) is 0 Å². The van der Waals surface area contributed by atoms with Crippen molar-refractivity contribution in [1.82, 2.24) is 20.0 Å². The molecule has 2 saturated heterocycles. The number of carbonyl (C=O) groups is 4. The van der Waals surface area contributed by atoms with E-state index >= 15 is 0 Å². The molecular weight excluding hydrogens is 428 g/mol. The number of amides is 5. The molecule has 1 unspecified atom stereocenters. The number of hydrogen-bond donors (Lipinski definition) is 1. The third-order valence-corrected chi connectivity index (χ3v) is 6.98. The summed E-state index contributed by atoms with van der Waals surface area (Å²) in [5.41, 5.74) is -0.752. The zero-order chi connectivity index (χ0) is 23.0. The predicted octanol–water partition coefficient (Wildman–Crippen LogP) is 0.752. The Bertz CT molecular complexity index is 967. The van der Waals surface area contributed by atoms with Crippen LogP contribution in [0, 0.1) is 0 Å². The highest BCUT2D eigenvalue weighted by Gasteiger charge is 2.52. The SMILES string of the molecule is O=C(CCN1C(=O)NC2(CCCC2)C1=O)N1CCN(C(=O)C2COc3ccccc3O2)CC1. The minimum Gasteiger partial charge on any atom is -0.485 e. The fraction of sp³-hybridized carbons (Fsp3) is 0.565. The zero-order valence-corrected chi connectivity index (χ0v) is 18.5. The van der Waals surface area contributed by atoms with E-state index in [0.717, 1.165) is 12.8 Å². The van der Waals surface area contributed by atoms with Gasteiger partial charge in [-0.3, -0.25) is 19.3 Å². The molecule has 0 aromatic heterocycles. The first-order valence-corrected chi connectivity index (χ1v) is 11.6. The Morgan fingerprint density at radius 3 is 2.39 bits per heavy atom. The first kappa shape index (κ1) is 21.5. The van der Waals surface area contributed by atoms with Crippen LogP contribution in [0.5, 0.6) is 11.5 Å². The molecule has 5 rings (SSSR count). The second-order valence-corrected chi connectivity index (χ2v) is 9.00. The van der Waals surface area contributed by atoms with Crippen molar-refractivity contribution in [3.63, 3.8) is 0 Å². The van der Waals surface area contributed by atoms with Crippen molar-refractivity contribution in [3.8, 4) is 11.5 Å². The molecular formula is C23H28N4O6. The molecule has 3 aliphatic heterocycles. The average molecular weight is 456 g/mol. The Kier molecular flexibility index (Phi) is 5.59. The predicted molar refractivity (Wildman–Crippen MR) is 116 cm³/mol. The van der Waals surface area contributed by atoms with Crippen molar-refractivity contribution in [3.05, 3.63) is 24.3 Å². The van der Waals surface area contributed by atoms with Crippen LogP contribution in [0.25, 0.3) is 0 Å². The highest BCUT2D eigenvalue weighted by Crippen LogP contribution is 2.35. The number of nitrogens with zero attached hydrogens (tertiary/aromatic N) is 3. The van der Waals surface area contributed by atoms with Crippen LogP contribution in [-0.2, 0) is 14.4 Å². The van der Waals surface area contributed by atoms with Gasteiger partial charge in [0.2, 0.25) is 12.0 Å². The minimum atomic E-state index is -0.752. The molecule has 33 heavy (non-hydrogen) atoms. The van der Waals surface area contributed by atoms with E-state index in [1.807, 2.05) is 12.1 Å². The summed E-state index contributed by atoms with van der Waals surface area (Å²) in [6, 6.07) is 6.84. The van der Waals surface area contributed by atoms with Crippen molar-refractivity contribution < 1.29 is 28.7 Å².